The maximum atomic E-state index is 11.8. The van der Waals surface area contributed by atoms with Gasteiger partial charge in [0.05, 0.1) is 98.5 Å². The molecule has 14 rings (SSSR count). The molecule has 14 heterocycles. The Morgan fingerprint density at radius 2 is 0.726 bits per heavy atom. The average Bonchev–Trinajstić information content (AvgIpc) is 1.16. The summed E-state index contributed by atoms with van der Waals surface area (Å²) in [6, 6.07) is 18.5. The van der Waals surface area contributed by atoms with Gasteiger partial charge in [-0.25, -0.2) is 38.3 Å². The van der Waals surface area contributed by atoms with Gasteiger partial charge < -0.3 is 28.4 Å². The Bertz CT molecular complexity index is 5580. The Labute approximate surface area is 698 Å². The van der Waals surface area contributed by atoms with Gasteiger partial charge in [-0.05, 0) is 224 Å². The van der Waals surface area contributed by atoms with E-state index >= 15 is 0 Å². The molecule has 15 nitrogen and oxygen atoms in total. The van der Waals surface area contributed by atoms with E-state index in [1.807, 2.05) is 71.2 Å². The summed E-state index contributed by atoms with van der Waals surface area (Å²) in [5, 5.41) is 12.3. The second-order valence-electron chi connectivity index (χ2n) is 29.8. The molecule has 14 aromatic rings. The fraction of sp³-hybridized carbons (Fsp3) is 0.433. The second kappa shape index (κ2) is 41.7. The van der Waals surface area contributed by atoms with Crippen molar-refractivity contribution in [2.45, 2.75) is 226 Å². The van der Waals surface area contributed by atoms with Crippen LogP contribution in [0, 0.1) is 34.6 Å². The third kappa shape index (κ3) is 23.3. The summed E-state index contributed by atoms with van der Waals surface area (Å²) in [7, 11) is -3.27. The van der Waals surface area contributed by atoms with Crippen LogP contribution in [0.15, 0.2) is 111 Å². The Morgan fingerprint density at radius 3 is 1.12 bits per heavy atom. The zero-order valence-corrected chi connectivity index (χ0v) is 77.4. The van der Waals surface area contributed by atoms with Crippen LogP contribution in [0.5, 0.6) is 35.3 Å². The zero-order chi connectivity index (χ0) is 82.9. The van der Waals surface area contributed by atoms with Gasteiger partial charge in [0, 0.05) is 59.1 Å². The molecule has 113 heavy (non-hydrogen) atoms. The molecule has 0 aliphatic rings. The van der Waals surface area contributed by atoms with Crippen LogP contribution in [0.2, 0.25) is 0 Å². The molecule has 0 radical (unpaired) electrons. The summed E-state index contributed by atoms with van der Waals surface area (Å²) in [5.74, 6) is 7.54. The first-order valence-corrected chi connectivity index (χ1v) is 46.9. The van der Waals surface area contributed by atoms with Crippen molar-refractivity contribution in [3.8, 4) is 35.3 Å². The number of hydrogen-bond donors (Lipinski definition) is 0. The zero-order valence-electron chi connectivity index (χ0n) is 70.8. The van der Waals surface area contributed by atoms with E-state index in [4.69, 9.17) is 28.4 Å². The first-order chi connectivity index (χ1) is 53.6. The van der Waals surface area contributed by atoms with E-state index in [0.29, 0.717) is 85.8 Å². The van der Waals surface area contributed by atoms with Crippen molar-refractivity contribution >= 4 is 161 Å². The van der Waals surface area contributed by atoms with Gasteiger partial charge in [0.25, 0.3) is 0 Å². The summed E-state index contributed by atoms with van der Waals surface area (Å²) in [6.45, 7) is 59.8. The first-order valence-electron chi connectivity index (χ1n) is 38.9. The highest BCUT2D eigenvalue weighted by atomic mass is 32.2. The minimum atomic E-state index is -3.27. The van der Waals surface area contributed by atoms with Gasteiger partial charge in [-0.2, -0.15) is 0 Å². The summed E-state index contributed by atoms with van der Waals surface area (Å²) < 4.78 is 65.6. The van der Waals surface area contributed by atoms with Gasteiger partial charge in [-0.3, -0.25) is 4.98 Å². The molecule has 0 saturated carbocycles. The van der Waals surface area contributed by atoms with Gasteiger partial charge in [0.2, 0.25) is 35.3 Å². The molecule has 0 spiro atoms. The number of ether oxygens (including phenoxy) is 6. The fourth-order valence-corrected chi connectivity index (χ4v) is 21.4. The van der Waals surface area contributed by atoms with Crippen molar-refractivity contribution in [3.05, 3.63) is 172 Å². The van der Waals surface area contributed by atoms with E-state index in [2.05, 4.69) is 242 Å². The molecular formula is C90H115N7O8S8. The summed E-state index contributed by atoms with van der Waals surface area (Å²) in [4.78, 5) is 33.1. The minimum absolute atomic E-state index is 0.166. The maximum Gasteiger partial charge on any atom is 0.214 e. The number of aromatic nitrogens is 7. The second-order valence-corrected chi connectivity index (χ2v) is 38.4. The molecule has 23 heteroatoms. The van der Waals surface area contributed by atoms with Gasteiger partial charge in [0.1, 0.15) is 17.0 Å². The number of fused-ring (bicyclic) bond motifs is 7. The van der Waals surface area contributed by atoms with E-state index in [9.17, 15) is 8.42 Å². The van der Waals surface area contributed by atoms with E-state index in [0.717, 1.165) is 66.9 Å². The van der Waals surface area contributed by atoms with Crippen molar-refractivity contribution in [2.24, 2.45) is 0 Å². The van der Waals surface area contributed by atoms with Crippen LogP contribution in [0.1, 0.15) is 246 Å². The lowest BCUT2D eigenvalue weighted by Crippen LogP contribution is -2.07. The van der Waals surface area contributed by atoms with Crippen molar-refractivity contribution in [2.75, 3.05) is 39.3 Å². The molecule has 0 atom stereocenters. The summed E-state index contributed by atoms with van der Waals surface area (Å²) >= 11 is 12.1. The van der Waals surface area contributed by atoms with Crippen molar-refractivity contribution in [1.82, 2.24) is 34.9 Å². The van der Waals surface area contributed by atoms with Gasteiger partial charge >= 0.3 is 0 Å². The topological polar surface area (TPSA) is 180 Å². The molecule has 0 unspecified atom stereocenters. The first kappa shape index (κ1) is 90.8. The third-order valence-electron chi connectivity index (χ3n) is 18.1. The van der Waals surface area contributed by atoms with E-state index in [1.165, 1.54) is 106 Å². The number of aryl methyl sites for hydroxylation is 5. The summed E-state index contributed by atoms with van der Waals surface area (Å²) in [5.41, 5.74) is 21.2. The number of nitrogens with zero attached hydrogens (tertiary/aromatic N) is 7. The Morgan fingerprint density at radius 1 is 0.389 bits per heavy atom. The lowest BCUT2D eigenvalue weighted by molar-refractivity contribution is 0.233. The predicted octanol–water partition coefficient (Wildman–Crippen LogP) is 27.8. The molecule has 0 aromatic carbocycles. The highest BCUT2D eigenvalue weighted by molar-refractivity contribution is 7.91. The third-order valence-corrected chi connectivity index (χ3v) is 27.0. The number of pyridine rings is 7. The van der Waals surface area contributed by atoms with Crippen LogP contribution >= 0.6 is 79.4 Å². The number of hydrogen-bond acceptors (Lipinski definition) is 22. The molecule has 606 valence electrons. The quantitative estimate of drug-likeness (QED) is 0.0620. The average molecular weight is 1680 g/mol. The van der Waals surface area contributed by atoms with E-state index in [1.54, 1.807) is 68.1 Å². The molecule has 0 N–H and O–H groups in total. The normalized spacial score (nSPS) is 11.5. The number of sulfone groups is 1. The molecule has 0 fully saturated rings. The van der Waals surface area contributed by atoms with Crippen LogP contribution in [0.4, 0.5) is 0 Å². The van der Waals surface area contributed by atoms with E-state index in [-0.39, 0.29) is 16.9 Å². The van der Waals surface area contributed by atoms with Crippen LogP contribution in [0.3, 0.4) is 0 Å². The van der Waals surface area contributed by atoms with Crippen LogP contribution < -0.4 is 28.4 Å². The Kier molecular flexibility index (Phi) is 33.5. The van der Waals surface area contributed by atoms with Crippen molar-refractivity contribution in [1.29, 1.82) is 0 Å². The summed E-state index contributed by atoms with van der Waals surface area (Å²) in [6.07, 6.45) is 5.00. The van der Waals surface area contributed by atoms with Gasteiger partial charge in [0.15, 0.2) is 9.84 Å². The standard InChI is InChI=1S/2C14H19NOS.C14H17NOS.C13H17NO3S2.C13H17NOS.C12H15NOS.C10H11NS/c1-8(2)11-6-12(16-9(3)4)15-13-10(5)7-17-14(11)13;1-6-16-12-7-11(8(2)3)14-13(15-12)9(4)10(5)17-14;1-5-6-16-12-7-11(9(2)3)14-13(15-12)10(4)8-17-14;1-5-17-11-6-9(8(2)3)13-12(14-11)10(7-18-13)19(4,15)16;1-5-15-11-6-10(8(2)3)13-12(14-11)9(4)7-16-13;1-4-14-11-7-9(8(2)3)12-10(13-11)5-6-15-12;1-7(2)8-3-5-11-9-4-6-12-10(8)9/h6-9H,1-5H3;7-8H,6H2,1-5H3;5,7-9H,1,6H2,2-4H3;6-8H,5H2,1-4H3;6-8H,5H2,1-4H3;5-8H,4H2,1-3H3;3-7H,1-2H3. The van der Waals surface area contributed by atoms with Crippen molar-refractivity contribution < 1.29 is 36.8 Å². The fourth-order valence-electron chi connectivity index (χ4n) is 12.2. The Balaban J connectivity index is 0.000000166. The monoisotopic (exact) mass is 1680 g/mol. The van der Waals surface area contributed by atoms with Crippen LogP contribution in [-0.4, -0.2) is 88.7 Å². The Hall–Kier alpha value is -7.74. The lowest BCUT2D eigenvalue weighted by atomic mass is 10.0. The molecule has 0 amide bonds. The molecule has 0 bridgehead atoms. The molecular weight excluding hydrogens is 1560 g/mol. The molecule has 0 saturated heterocycles. The minimum Gasteiger partial charge on any atom is -0.478 e. The molecule has 14 aromatic heterocycles. The van der Waals surface area contributed by atoms with Crippen LogP contribution in [-0.2, 0) is 9.84 Å². The smallest absolute Gasteiger partial charge is 0.214 e. The molecule has 0 aliphatic heterocycles. The van der Waals surface area contributed by atoms with Gasteiger partial charge in [-0.1, -0.05) is 110 Å². The number of thiophene rings is 7. The van der Waals surface area contributed by atoms with Crippen molar-refractivity contribution in [3.63, 3.8) is 0 Å². The van der Waals surface area contributed by atoms with Gasteiger partial charge in [-0.15, -0.1) is 79.4 Å². The largest absolute Gasteiger partial charge is 0.478 e. The van der Waals surface area contributed by atoms with E-state index < -0.39 is 9.84 Å². The predicted molar refractivity (Wildman–Crippen MR) is 489 cm³/mol. The lowest BCUT2D eigenvalue weighted by Gasteiger charge is -2.13. The number of rotatable bonds is 21. The maximum absolute atomic E-state index is 11.8. The SMILES string of the molecule is C=CCOc1cc(C(C)C)c2scc(C)c2n1.CC(C)c1ccnc2ccsc12.CCOc1cc(C(C)C)c2sc(C)c(C)c2n1.CCOc1cc(C(C)C)c2scc(C)c2n1.CCOc1cc(C(C)C)c2scc(S(C)(=O)=O)c2n1.CCOc1cc(C(C)C)c2sccc2n1.Cc1csc2c(C(C)C)cc(OC(C)C)nc12. The van der Waals surface area contributed by atoms with Crippen LogP contribution in [0.25, 0.3) is 71.5 Å². The molecule has 0 aliphatic carbocycles. The highest BCUT2D eigenvalue weighted by Gasteiger charge is 2.23. The highest BCUT2D eigenvalue weighted by Crippen LogP contribution is 2.41.